The molecule has 0 spiro atoms. The molecule has 3 nitrogen and oxygen atoms in total. The molecule has 0 aromatic rings. The maximum absolute atomic E-state index is 11.4. The Morgan fingerprint density at radius 3 is 2.55 bits per heavy atom. The van der Waals surface area contributed by atoms with Gasteiger partial charge in [0.1, 0.15) is 0 Å². The Bertz CT molecular complexity index is 156. The van der Waals surface area contributed by atoms with Gasteiger partial charge >= 0.3 is 0 Å². The number of rotatable bonds is 1. The van der Waals surface area contributed by atoms with Crippen molar-refractivity contribution in [3.8, 4) is 0 Å². The van der Waals surface area contributed by atoms with E-state index in [1.165, 1.54) is 0 Å². The quantitative estimate of drug-likeness (QED) is 0.583. The van der Waals surface area contributed by atoms with Gasteiger partial charge in [-0.1, -0.05) is 6.92 Å². The largest absolute Gasteiger partial charge is 0.347 e. The minimum Gasteiger partial charge on any atom is -0.347 e. The highest BCUT2D eigenvalue weighted by Crippen LogP contribution is 2.13. The van der Waals surface area contributed by atoms with E-state index >= 15 is 0 Å². The Hall–Kier alpha value is -0.570. The van der Waals surface area contributed by atoms with Crippen molar-refractivity contribution < 1.29 is 4.79 Å². The van der Waals surface area contributed by atoms with Gasteiger partial charge < -0.3 is 10.2 Å². The van der Waals surface area contributed by atoms with Crippen LogP contribution in [0.2, 0.25) is 0 Å². The van der Waals surface area contributed by atoms with Gasteiger partial charge in [0.2, 0.25) is 5.91 Å². The Morgan fingerprint density at radius 1 is 1.55 bits per heavy atom. The lowest BCUT2D eigenvalue weighted by molar-refractivity contribution is -0.130. The molecule has 0 bridgehead atoms. The van der Waals surface area contributed by atoms with E-state index in [9.17, 15) is 4.79 Å². The molecule has 1 saturated heterocycles. The second-order valence-electron chi connectivity index (χ2n) is 3.53. The highest BCUT2D eigenvalue weighted by molar-refractivity contribution is 5.81. The fourth-order valence-corrected chi connectivity index (χ4v) is 1.41. The van der Waals surface area contributed by atoms with E-state index in [2.05, 4.69) is 12.2 Å². The number of nitrogens with zero attached hydrogens (tertiary/aromatic N) is 1. The first-order valence-corrected chi connectivity index (χ1v) is 4.06. The predicted molar refractivity (Wildman–Crippen MR) is 44.3 cm³/mol. The maximum atomic E-state index is 11.4. The van der Waals surface area contributed by atoms with Crippen LogP contribution in [0, 0.1) is 5.92 Å². The van der Waals surface area contributed by atoms with Gasteiger partial charge in [0, 0.05) is 14.1 Å². The summed E-state index contributed by atoms with van der Waals surface area (Å²) in [5, 5.41) is 3.20. The Labute approximate surface area is 67.8 Å². The summed E-state index contributed by atoms with van der Waals surface area (Å²) in [5.74, 6) is 0.846. The highest BCUT2D eigenvalue weighted by atomic mass is 16.2. The summed E-state index contributed by atoms with van der Waals surface area (Å²) in [6.07, 6.45) is 0.983. The van der Waals surface area contributed by atoms with Gasteiger partial charge in [-0.15, -0.1) is 0 Å². The number of amides is 1. The van der Waals surface area contributed by atoms with Crippen molar-refractivity contribution in [1.29, 1.82) is 0 Å². The first kappa shape index (κ1) is 8.53. The van der Waals surface area contributed by atoms with Crippen molar-refractivity contribution in [2.45, 2.75) is 19.4 Å². The van der Waals surface area contributed by atoms with Crippen molar-refractivity contribution in [3.05, 3.63) is 0 Å². The molecule has 1 fully saturated rings. The number of carbonyl (C=O) groups is 1. The molecule has 0 aromatic heterocycles. The zero-order chi connectivity index (χ0) is 8.43. The van der Waals surface area contributed by atoms with Crippen LogP contribution in [0.1, 0.15) is 13.3 Å². The molecule has 0 unspecified atom stereocenters. The van der Waals surface area contributed by atoms with Crippen LogP contribution in [-0.2, 0) is 4.79 Å². The number of hydrogen-bond donors (Lipinski definition) is 1. The van der Waals surface area contributed by atoms with Gasteiger partial charge in [0.25, 0.3) is 0 Å². The Morgan fingerprint density at radius 2 is 2.18 bits per heavy atom. The summed E-state index contributed by atoms with van der Waals surface area (Å²) in [6.45, 7) is 3.14. The number of hydrogen-bond acceptors (Lipinski definition) is 2. The van der Waals surface area contributed by atoms with E-state index in [0.717, 1.165) is 13.0 Å². The Balaban J connectivity index is 2.43. The molecule has 0 aliphatic carbocycles. The molecule has 1 aliphatic heterocycles. The van der Waals surface area contributed by atoms with Gasteiger partial charge in [-0.05, 0) is 18.9 Å². The van der Waals surface area contributed by atoms with Crippen LogP contribution in [-0.4, -0.2) is 37.5 Å². The van der Waals surface area contributed by atoms with Gasteiger partial charge in [-0.25, -0.2) is 0 Å². The molecule has 1 aliphatic rings. The van der Waals surface area contributed by atoms with Crippen molar-refractivity contribution in [3.63, 3.8) is 0 Å². The molecule has 3 heteroatoms. The van der Waals surface area contributed by atoms with Crippen molar-refractivity contribution in [2.24, 2.45) is 5.92 Å². The van der Waals surface area contributed by atoms with Crippen molar-refractivity contribution in [2.75, 3.05) is 20.6 Å². The molecule has 0 radical (unpaired) electrons. The molecule has 2 atom stereocenters. The molecule has 1 rings (SSSR count). The van der Waals surface area contributed by atoms with Crippen molar-refractivity contribution >= 4 is 5.91 Å². The second kappa shape index (κ2) is 3.22. The lowest BCUT2D eigenvalue weighted by atomic mass is 10.1. The molecule has 11 heavy (non-hydrogen) atoms. The third-order valence-electron chi connectivity index (χ3n) is 2.09. The monoisotopic (exact) mass is 156 g/mol. The maximum Gasteiger partial charge on any atom is 0.239 e. The summed E-state index contributed by atoms with van der Waals surface area (Å²) in [5.41, 5.74) is 0. The molecular formula is C8H16N2O. The fraction of sp³-hybridized carbons (Fsp3) is 0.875. The van der Waals surface area contributed by atoms with Crippen LogP contribution >= 0.6 is 0 Å². The van der Waals surface area contributed by atoms with Gasteiger partial charge in [-0.2, -0.15) is 0 Å². The van der Waals surface area contributed by atoms with Gasteiger partial charge in [0.15, 0.2) is 0 Å². The molecule has 1 amide bonds. The normalized spacial score (nSPS) is 30.5. The third-order valence-corrected chi connectivity index (χ3v) is 2.09. The lowest BCUT2D eigenvalue weighted by Crippen LogP contribution is -2.39. The summed E-state index contributed by atoms with van der Waals surface area (Å²) >= 11 is 0. The van der Waals surface area contributed by atoms with Crippen LogP contribution in [0.25, 0.3) is 0 Å². The molecule has 1 N–H and O–H groups in total. The average Bonchev–Trinajstić information content (AvgIpc) is 2.34. The van der Waals surface area contributed by atoms with E-state index in [4.69, 9.17) is 0 Å². The first-order valence-electron chi connectivity index (χ1n) is 4.06. The second-order valence-corrected chi connectivity index (χ2v) is 3.53. The highest BCUT2D eigenvalue weighted by Gasteiger charge is 2.27. The molecule has 1 heterocycles. The van der Waals surface area contributed by atoms with E-state index < -0.39 is 0 Å². The predicted octanol–water partition coefficient (Wildman–Crippen LogP) is 0.0726. The summed E-state index contributed by atoms with van der Waals surface area (Å²) in [6, 6.07) is 0.0694. The summed E-state index contributed by atoms with van der Waals surface area (Å²) < 4.78 is 0. The smallest absolute Gasteiger partial charge is 0.239 e. The SMILES string of the molecule is C[C@@H]1CN[C@H](C(=O)N(C)C)C1. The van der Waals surface area contributed by atoms with E-state index in [0.29, 0.717) is 5.92 Å². The van der Waals surface area contributed by atoms with Gasteiger partial charge in [-0.3, -0.25) is 4.79 Å². The minimum absolute atomic E-state index is 0.0694. The lowest BCUT2D eigenvalue weighted by Gasteiger charge is -2.15. The van der Waals surface area contributed by atoms with Crippen LogP contribution in [0.3, 0.4) is 0 Å². The van der Waals surface area contributed by atoms with Gasteiger partial charge in [0.05, 0.1) is 6.04 Å². The summed E-state index contributed by atoms with van der Waals surface area (Å²) in [7, 11) is 3.60. The Kier molecular flexibility index (Phi) is 2.49. The molecule has 0 saturated carbocycles. The standard InChI is InChI=1S/C8H16N2O/c1-6-4-7(9-5-6)8(11)10(2)3/h6-7,9H,4-5H2,1-3H3/t6-,7-/m0/s1. The average molecular weight is 156 g/mol. The third kappa shape index (κ3) is 1.93. The van der Waals surface area contributed by atoms with Crippen LogP contribution < -0.4 is 5.32 Å². The van der Waals surface area contributed by atoms with Crippen molar-refractivity contribution in [1.82, 2.24) is 10.2 Å². The summed E-state index contributed by atoms with van der Waals surface area (Å²) in [4.78, 5) is 13.0. The van der Waals surface area contributed by atoms with E-state index in [1.54, 1.807) is 19.0 Å². The zero-order valence-electron chi connectivity index (χ0n) is 7.42. The minimum atomic E-state index is 0.0694. The van der Waals surface area contributed by atoms with Crippen LogP contribution in [0.4, 0.5) is 0 Å². The fourth-order valence-electron chi connectivity index (χ4n) is 1.41. The number of likely N-dealkylation sites (N-methyl/N-ethyl adjacent to an activating group) is 1. The van der Waals surface area contributed by atoms with Crippen LogP contribution in [0.15, 0.2) is 0 Å². The molecule has 0 aromatic carbocycles. The zero-order valence-corrected chi connectivity index (χ0v) is 7.42. The van der Waals surface area contributed by atoms with E-state index in [-0.39, 0.29) is 11.9 Å². The number of carbonyl (C=O) groups excluding carboxylic acids is 1. The number of nitrogens with one attached hydrogen (secondary N) is 1. The molecular weight excluding hydrogens is 140 g/mol. The van der Waals surface area contributed by atoms with E-state index in [1.807, 2.05) is 0 Å². The van der Waals surface area contributed by atoms with Crippen LogP contribution in [0.5, 0.6) is 0 Å². The first-order chi connectivity index (χ1) is 5.11. The topological polar surface area (TPSA) is 32.3 Å². The molecule has 64 valence electrons.